The average Bonchev–Trinajstić information content (AvgIpc) is 2.18. The van der Waals surface area contributed by atoms with Crippen LogP contribution in [0.4, 0.5) is 0 Å². The Morgan fingerprint density at radius 2 is 2.36 bits per heavy atom. The Balaban J connectivity index is 2.42. The molecule has 1 aliphatic heterocycles. The maximum Gasteiger partial charge on any atom is 0.223 e. The zero-order chi connectivity index (χ0) is 10.6. The highest BCUT2D eigenvalue weighted by Crippen LogP contribution is 2.13. The summed E-state index contributed by atoms with van der Waals surface area (Å²) in [6.45, 7) is 8.44. The van der Waals surface area contributed by atoms with Crippen molar-refractivity contribution in [2.24, 2.45) is 5.92 Å². The summed E-state index contributed by atoms with van der Waals surface area (Å²) >= 11 is 0. The Morgan fingerprint density at radius 1 is 1.64 bits per heavy atom. The van der Waals surface area contributed by atoms with Crippen LogP contribution in [-0.4, -0.2) is 36.6 Å². The maximum absolute atomic E-state index is 11.8. The van der Waals surface area contributed by atoms with Gasteiger partial charge in [-0.3, -0.25) is 4.79 Å². The molecule has 0 N–H and O–H groups in total. The van der Waals surface area contributed by atoms with Crippen molar-refractivity contribution in [1.82, 2.24) is 4.90 Å². The maximum atomic E-state index is 11.8. The van der Waals surface area contributed by atoms with Gasteiger partial charge in [-0.15, -0.1) is 0 Å². The van der Waals surface area contributed by atoms with Crippen LogP contribution in [0.5, 0.6) is 0 Å². The van der Waals surface area contributed by atoms with E-state index in [4.69, 9.17) is 4.74 Å². The van der Waals surface area contributed by atoms with E-state index in [1.807, 2.05) is 11.8 Å². The lowest BCUT2D eigenvalue weighted by Gasteiger charge is -2.34. The van der Waals surface area contributed by atoms with Crippen molar-refractivity contribution in [3.8, 4) is 0 Å². The van der Waals surface area contributed by atoms with Crippen LogP contribution >= 0.6 is 0 Å². The molecule has 1 rings (SSSR count). The quantitative estimate of drug-likeness (QED) is 0.692. The molecule has 1 aliphatic rings. The van der Waals surface area contributed by atoms with Gasteiger partial charge in [0.1, 0.15) is 0 Å². The second-order valence-corrected chi connectivity index (χ2v) is 4.23. The molecule has 0 aliphatic carbocycles. The minimum Gasteiger partial charge on any atom is -0.377 e. The number of ether oxygens (including phenoxy) is 1. The molecular formula is C11H21NO2. The van der Waals surface area contributed by atoms with E-state index in [0.717, 1.165) is 13.0 Å². The van der Waals surface area contributed by atoms with Crippen LogP contribution in [-0.2, 0) is 9.53 Å². The number of carbonyl (C=O) groups excluding carboxylic acids is 1. The van der Waals surface area contributed by atoms with E-state index < -0.39 is 0 Å². The highest BCUT2D eigenvalue weighted by molar-refractivity contribution is 5.76. The first-order valence-electron chi connectivity index (χ1n) is 5.52. The Kier molecular flexibility index (Phi) is 4.39. The highest BCUT2D eigenvalue weighted by Gasteiger charge is 2.24. The Labute approximate surface area is 86.4 Å². The molecule has 0 saturated carbocycles. The fraction of sp³-hybridized carbons (Fsp3) is 0.909. The molecular weight excluding hydrogens is 178 g/mol. The van der Waals surface area contributed by atoms with Gasteiger partial charge in [-0.2, -0.15) is 0 Å². The fourth-order valence-corrected chi connectivity index (χ4v) is 1.66. The molecule has 1 fully saturated rings. The Hall–Kier alpha value is -0.570. The first-order chi connectivity index (χ1) is 6.65. The number of rotatable bonds is 3. The molecule has 0 spiro atoms. The minimum absolute atomic E-state index is 0.250. The molecule has 0 aromatic heterocycles. The summed E-state index contributed by atoms with van der Waals surface area (Å²) in [5.74, 6) is 0.785. The smallest absolute Gasteiger partial charge is 0.223 e. The van der Waals surface area contributed by atoms with Crippen molar-refractivity contribution in [3.63, 3.8) is 0 Å². The molecule has 0 radical (unpaired) electrons. The molecule has 1 saturated heterocycles. The van der Waals surface area contributed by atoms with Crippen LogP contribution < -0.4 is 0 Å². The lowest BCUT2D eigenvalue weighted by molar-refractivity contribution is -0.140. The predicted octanol–water partition coefficient (Wildman–Crippen LogP) is 1.67. The van der Waals surface area contributed by atoms with E-state index >= 15 is 0 Å². The molecule has 1 unspecified atom stereocenters. The standard InChI is InChI=1S/C11H21NO2/c1-4-9(2)7-11(13)12-5-6-14-8-10(12)3/h9-10H,4-8H2,1-3H3/t9?,10-/m0/s1. The summed E-state index contributed by atoms with van der Waals surface area (Å²) in [5, 5.41) is 0. The van der Waals surface area contributed by atoms with E-state index in [1.54, 1.807) is 0 Å². The summed E-state index contributed by atoms with van der Waals surface area (Å²) in [4.78, 5) is 13.8. The highest BCUT2D eigenvalue weighted by atomic mass is 16.5. The molecule has 0 aromatic carbocycles. The number of hydrogen-bond acceptors (Lipinski definition) is 2. The van der Waals surface area contributed by atoms with Gasteiger partial charge < -0.3 is 9.64 Å². The minimum atomic E-state index is 0.250. The number of nitrogens with zero attached hydrogens (tertiary/aromatic N) is 1. The normalized spacial score (nSPS) is 24.8. The number of morpholine rings is 1. The number of hydrogen-bond donors (Lipinski definition) is 0. The van der Waals surface area contributed by atoms with E-state index in [9.17, 15) is 4.79 Å². The van der Waals surface area contributed by atoms with Gasteiger partial charge in [0.2, 0.25) is 5.91 Å². The van der Waals surface area contributed by atoms with Gasteiger partial charge in [-0.1, -0.05) is 20.3 Å². The third-order valence-corrected chi connectivity index (χ3v) is 2.91. The lowest BCUT2D eigenvalue weighted by atomic mass is 10.0. The van der Waals surface area contributed by atoms with Crippen LogP contribution in [0.15, 0.2) is 0 Å². The molecule has 3 heteroatoms. The van der Waals surface area contributed by atoms with Gasteiger partial charge in [0.15, 0.2) is 0 Å². The Bertz CT molecular complexity index is 194. The van der Waals surface area contributed by atoms with Crippen molar-refractivity contribution >= 4 is 5.91 Å². The number of amides is 1. The predicted molar refractivity (Wildman–Crippen MR) is 56.1 cm³/mol. The van der Waals surface area contributed by atoms with E-state index in [-0.39, 0.29) is 11.9 Å². The van der Waals surface area contributed by atoms with Crippen LogP contribution in [0, 0.1) is 5.92 Å². The summed E-state index contributed by atoms with van der Waals surface area (Å²) in [5.41, 5.74) is 0. The van der Waals surface area contributed by atoms with Crippen LogP contribution in [0.2, 0.25) is 0 Å². The van der Waals surface area contributed by atoms with Crippen molar-refractivity contribution in [2.45, 2.75) is 39.7 Å². The lowest BCUT2D eigenvalue weighted by Crippen LogP contribution is -2.47. The molecule has 3 nitrogen and oxygen atoms in total. The third kappa shape index (κ3) is 2.98. The zero-order valence-corrected chi connectivity index (χ0v) is 9.45. The van der Waals surface area contributed by atoms with Gasteiger partial charge >= 0.3 is 0 Å². The molecule has 82 valence electrons. The van der Waals surface area contributed by atoms with Gasteiger partial charge in [0.05, 0.1) is 19.3 Å². The van der Waals surface area contributed by atoms with Crippen LogP contribution in [0.1, 0.15) is 33.6 Å². The van der Waals surface area contributed by atoms with E-state index in [0.29, 0.717) is 25.6 Å². The summed E-state index contributed by atoms with van der Waals surface area (Å²) in [6, 6.07) is 0.250. The van der Waals surface area contributed by atoms with Crippen molar-refractivity contribution in [1.29, 1.82) is 0 Å². The van der Waals surface area contributed by atoms with Gasteiger partial charge in [0.25, 0.3) is 0 Å². The van der Waals surface area contributed by atoms with Crippen molar-refractivity contribution in [2.75, 3.05) is 19.8 Å². The molecule has 1 heterocycles. The summed E-state index contributed by atoms with van der Waals surface area (Å²) in [6.07, 6.45) is 1.76. The van der Waals surface area contributed by atoms with Crippen molar-refractivity contribution < 1.29 is 9.53 Å². The second-order valence-electron chi connectivity index (χ2n) is 4.23. The third-order valence-electron chi connectivity index (χ3n) is 2.91. The van der Waals surface area contributed by atoms with Crippen LogP contribution in [0.25, 0.3) is 0 Å². The largest absolute Gasteiger partial charge is 0.377 e. The molecule has 14 heavy (non-hydrogen) atoms. The van der Waals surface area contributed by atoms with Crippen LogP contribution in [0.3, 0.4) is 0 Å². The van der Waals surface area contributed by atoms with Gasteiger partial charge in [-0.25, -0.2) is 0 Å². The summed E-state index contributed by atoms with van der Waals surface area (Å²) < 4.78 is 5.30. The topological polar surface area (TPSA) is 29.5 Å². The number of carbonyl (C=O) groups is 1. The zero-order valence-electron chi connectivity index (χ0n) is 9.45. The molecule has 2 atom stereocenters. The second kappa shape index (κ2) is 5.35. The fourth-order valence-electron chi connectivity index (χ4n) is 1.66. The molecule has 0 bridgehead atoms. The monoisotopic (exact) mass is 199 g/mol. The van der Waals surface area contributed by atoms with E-state index in [1.165, 1.54) is 0 Å². The SMILES string of the molecule is CCC(C)CC(=O)N1CCOC[C@@H]1C. The van der Waals surface area contributed by atoms with Crippen molar-refractivity contribution in [3.05, 3.63) is 0 Å². The van der Waals surface area contributed by atoms with Gasteiger partial charge in [-0.05, 0) is 12.8 Å². The first kappa shape index (κ1) is 11.5. The summed E-state index contributed by atoms with van der Waals surface area (Å²) in [7, 11) is 0. The average molecular weight is 199 g/mol. The molecule has 1 amide bonds. The molecule has 0 aromatic rings. The van der Waals surface area contributed by atoms with Gasteiger partial charge in [0, 0.05) is 13.0 Å². The van der Waals surface area contributed by atoms with E-state index in [2.05, 4.69) is 13.8 Å². The Morgan fingerprint density at radius 3 is 2.93 bits per heavy atom. The first-order valence-corrected chi connectivity index (χ1v) is 5.52.